The smallest absolute Gasteiger partial charge is 0.365 e. The molecule has 1 N–H and O–H groups in total. The maximum Gasteiger partial charge on any atom is 0.365 e. The highest BCUT2D eigenvalue weighted by atomic mass is 16.4. The van der Waals surface area contributed by atoms with Crippen molar-refractivity contribution in [2.75, 3.05) is 20.6 Å². The average molecular weight is 258 g/mol. The average Bonchev–Trinajstić information content (AvgIpc) is 2.27. The van der Waals surface area contributed by atoms with Gasteiger partial charge in [-0.1, -0.05) is 39.0 Å². The Morgan fingerprint density at radius 1 is 1.00 bits per heavy atom. The van der Waals surface area contributed by atoms with E-state index in [0.29, 0.717) is 4.48 Å². The molecule has 0 amide bonds. The molecule has 3 heteroatoms. The van der Waals surface area contributed by atoms with E-state index in [1.165, 1.54) is 38.5 Å². The van der Waals surface area contributed by atoms with Gasteiger partial charge in [-0.05, 0) is 12.8 Å². The Morgan fingerprint density at radius 3 is 1.89 bits per heavy atom. The van der Waals surface area contributed by atoms with Gasteiger partial charge in [-0.15, -0.1) is 0 Å². The van der Waals surface area contributed by atoms with Crippen molar-refractivity contribution in [1.82, 2.24) is 0 Å². The number of rotatable bonds is 10. The van der Waals surface area contributed by atoms with Gasteiger partial charge in [0, 0.05) is 13.8 Å². The normalized spacial score (nSPS) is 12.7. The van der Waals surface area contributed by atoms with E-state index in [9.17, 15) is 9.90 Å². The molecule has 0 bridgehead atoms. The predicted octanol–water partition coefficient (Wildman–Crippen LogP) is 3.68. The zero-order valence-corrected chi connectivity index (χ0v) is 13.0. The first kappa shape index (κ1) is 17.4. The number of aliphatic carboxylic acids is 1. The molecule has 0 fully saturated rings. The standard InChI is InChI=1S/C15H31NO2/c1-6-7-8-9-10-11-12-13-16(4,5)15(2,3)14(17)18/h6-13H2,1-5H3/p+1. The van der Waals surface area contributed by atoms with Crippen molar-refractivity contribution in [1.29, 1.82) is 0 Å². The van der Waals surface area contributed by atoms with Crippen molar-refractivity contribution in [3.05, 3.63) is 0 Å². The van der Waals surface area contributed by atoms with Crippen LogP contribution in [0.15, 0.2) is 0 Å². The number of likely N-dealkylation sites (N-methyl/N-ethyl adjacent to an activating group) is 1. The number of unbranched alkanes of at least 4 members (excludes halogenated alkanes) is 6. The first-order valence-electron chi connectivity index (χ1n) is 7.32. The molecular formula is C15H32NO2+. The Hall–Kier alpha value is -0.570. The Kier molecular flexibility index (Phi) is 7.53. The highest BCUT2D eigenvalue weighted by molar-refractivity contribution is 5.76. The van der Waals surface area contributed by atoms with Crippen LogP contribution in [0.3, 0.4) is 0 Å². The lowest BCUT2D eigenvalue weighted by molar-refractivity contribution is -0.928. The summed E-state index contributed by atoms with van der Waals surface area (Å²) in [6, 6.07) is 0. The van der Waals surface area contributed by atoms with Gasteiger partial charge in [-0.2, -0.15) is 0 Å². The molecule has 0 aromatic carbocycles. The topological polar surface area (TPSA) is 37.3 Å². The molecule has 0 saturated carbocycles. The first-order chi connectivity index (χ1) is 8.25. The molecule has 0 aliphatic carbocycles. The minimum atomic E-state index is -0.713. The summed E-state index contributed by atoms with van der Waals surface area (Å²) in [6.45, 7) is 6.80. The van der Waals surface area contributed by atoms with E-state index < -0.39 is 11.5 Å². The van der Waals surface area contributed by atoms with Crippen LogP contribution < -0.4 is 0 Å². The number of nitrogens with zero attached hydrogens (tertiary/aromatic N) is 1. The summed E-state index contributed by atoms with van der Waals surface area (Å²) < 4.78 is 0.553. The summed E-state index contributed by atoms with van der Waals surface area (Å²) in [6.07, 6.45) is 8.92. The maximum absolute atomic E-state index is 11.3. The Labute approximate surface area is 113 Å². The molecule has 108 valence electrons. The van der Waals surface area contributed by atoms with Gasteiger partial charge in [0.05, 0.1) is 20.6 Å². The van der Waals surface area contributed by atoms with Crippen molar-refractivity contribution in [3.63, 3.8) is 0 Å². The molecule has 0 aromatic rings. The lowest BCUT2D eigenvalue weighted by Crippen LogP contribution is -2.60. The summed E-state index contributed by atoms with van der Waals surface area (Å²) >= 11 is 0. The molecule has 0 radical (unpaired) electrons. The second-order valence-corrected chi connectivity index (χ2v) is 6.39. The van der Waals surface area contributed by atoms with Crippen LogP contribution in [-0.2, 0) is 4.79 Å². The summed E-state index contributed by atoms with van der Waals surface area (Å²) in [5.74, 6) is -0.713. The predicted molar refractivity (Wildman–Crippen MR) is 76.7 cm³/mol. The zero-order chi connectivity index (χ0) is 14.2. The molecule has 0 rings (SSSR count). The van der Waals surface area contributed by atoms with Gasteiger partial charge < -0.3 is 9.59 Å². The highest BCUT2D eigenvalue weighted by Gasteiger charge is 2.43. The van der Waals surface area contributed by atoms with Crippen LogP contribution in [0, 0.1) is 0 Å². The van der Waals surface area contributed by atoms with E-state index in [-0.39, 0.29) is 0 Å². The third kappa shape index (κ3) is 5.38. The van der Waals surface area contributed by atoms with Crippen molar-refractivity contribution in [3.8, 4) is 0 Å². The molecule has 0 spiro atoms. The Bertz CT molecular complexity index is 247. The minimum Gasteiger partial charge on any atom is -0.477 e. The van der Waals surface area contributed by atoms with E-state index in [0.717, 1.165) is 13.0 Å². The maximum atomic E-state index is 11.3. The van der Waals surface area contributed by atoms with E-state index in [1.807, 2.05) is 27.9 Å². The SMILES string of the molecule is CCCCCCCCC[N+](C)(C)C(C)(C)C(=O)O. The highest BCUT2D eigenvalue weighted by Crippen LogP contribution is 2.21. The van der Waals surface area contributed by atoms with Crippen LogP contribution >= 0.6 is 0 Å². The van der Waals surface area contributed by atoms with Gasteiger partial charge in [0.25, 0.3) is 0 Å². The lowest BCUT2D eigenvalue weighted by atomic mass is 9.99. The fourth-order valence-electron chi connectivity index (χ4n) is 2.00. The molecule has 0 unspecified atom stereocenters. The van der Waals surface area contributed by atoms with Gasteiger partial charge in [0.2, 0.25) is 0 Å². The molecule has 0 aromatic heterocycles. The number of hydrogen-bond donors (Lipinski definition) is 1. The minimum absolute atomic E-state index is 0.553. The van der Waals surface area contributed by atoms with Crippen LogP contribution in [0.4, 0.5) is 0 Å². The Balaban J connectivity index is 3.88. The molecule has 3 nitrogen and oxygen atoms in total. The van der Waals surface area contributed by atoms with E-state index in [1.54, 1.807) is 0 Å². The van der Waals surface area contributed by atoms with Crippen molar-refractivity contribution >= 4 is 5.97 Å². The largest absolute Gasteiger partial charge is 0.477 e. The van der Waals surface area contributed by atoms with Gasteiger partial charge in [-0.3, -0.25) is 0 Å². The van der Waals surface area contributed by atoms with E-state index in [2.05, 4.69) is 6.92 Å². The summed E-state index contributed by atoms with van der Waals surface area (Å²) in [4.78, 5) is 11.3. The number of carboxylic acid groups (broad SMARTS) is 1. The first-order valence-corrected chi connectivity index (χ1v) is 7.32. The Morgan fingerprint density at radius 2 is 1.44 bits per heavy atom. The number of carbonyl (C=O) groups is 1. The van der Waals surface area contributed by atoms with Crippen LogP contribution in [0.5, 0.6) is 0 Å². The summed E-state index contributed by atoms with van der Waals surface area (Å²) in [7, 11) is 4.04. The van der Waals surface area contributed by atoms with Gasteiger partial charge in [0.15, 0.2) is 5.54 Å². The second kappa shape index (κ2) is 7.78. The molecule has 0 heterocycles. The van der Waals surface area contributed by atoms with Crippen molar-refractivity contribution in [2.24, 2.45) is 0 Å². The van der Waals surface area contributed by atoms with Crippen LogP contribution in [0.25, 0.3) is 0 Å². The van der Waals surface area contributed by atoms with E-state index in [4.69, 9.17) is 0 Å². The molecule has 18 heavy (non-hydrogen) atoms. The van der Waals surface area contributed by atoms with Crippen LogP contribution in [0.2, 0.25) is 0 Å². The fraction of sp³-hybridized carbons (Fsp3) is 0.933. The van der Waals surface area contributed by atoms with Crippen LogP contribution in [-0.4, -0.2) is 41.7 Å². The number of quaternary nitrogens is 1. The van der Waals surface area contributed by atoms with Gasteiger partial charge in [-0.25, -0.2) is 4.79 Å². The van der Waals surface area contributed by atoms with Gasteiger partial charge in [0.1, 0.15) is 0 Å². The summed E-state index contributed by atoms with van der Waals surface area (Å²) in [5, 5.41) is 9.26. The lowest BCUT2D eigenvalue weighted by Gasteiger charge is -2.41. The third-order valence-corrected chi connectivity index (χ3v) is 4.36. The van der Waals surface area contributed by atoms with Crippen LogP contribution in [0.1, 0.15) is 65.7 Å². The van der Waals surface area contributed by atoms with Crippen molar-refractivity contribution in [2.45, 2.75) is 71.3 Å². The second-order valence-electron chi connectivity index (χ2n) is 6.39. The number of hydrogen-bond acceptors (Lipinski definition) is 1. The number of carboxylic acids is 1. The molecule has 0 aliphatic heterocycles. The molecule has 0 atom stereocenters. The van der Waals surface area contributed by atoms with Gasteiger partial charge >= 0.3 is 5.97 Å². The molecule has 0 saturated heterocycles. The monoisotopic (exact) mass is 258 g/mol. The fourth-order valence-corrected chi connectivity index (χ4v) is 2.00. The molecular weight excluding hydrogens is 226 g/mol. The summed E-state index contributed by atoms with van der Waals surface area (Å²) in [5.41, 5.74) is -0.706. The van der Waals surface area contributed by atoms with E-state index >= 15 is 0 Å². The third-order valence-electron chi connectivity index (χ3n) is 4.36. The molecule has 0 aliphatic rings. The quantitative estimate of drug-likeness (QED) is 0.479. The van der Waals surface area contributed by atoms with Crippen molar-refractivity contribution < 1.29 is 14.4 Å². The zero-order valence-electron chi connectivity index (χ0n) is 13.0.